The molecule has 0 amide bonds. The molecular formula is C31H30N2O. The van der Waals surface area contributed by atoms with E-state index in [0.717, 1.165) is 70.2 Å². The molecule has 1 aliphatic rings. The maximum atomic E-state index is 13.8. The Morgan fingerprint density at radius 3 is 1.44 bits per heavy atom. The van der Waals surface area contributed by atoms with Gasteiger partial charge in [0.15, 0.2) is 5.78 Å². The predicted octanol–water partition coefficient (Wildman–Crippen LogP) is 5.35. The van der Waals surface area contributed by atoms with Crippen molar-refractivity contribution in [3.05, 3.63) is 118 Å². The van der Waals surface area contributed by atoms with Crippen molar-refractivity contribution >= 4 is 5.78 Å². The van der Waals surface area contributed by atoms with Gasteiger partial charge in [0.2, 0.25) is 0 Å². The maximum absolute atomic E-state index is 13.8. The molecule has 3 heteroatoms. The second-order valence-electron chi connectivity index (χ2n) is 9.05. The van der Waals surface area contributed by atoms with Crippen molar-refractivity contribution in [2.45, 2.75) is 25.7 Å². The van der Waals surface area contributed by atoms with Crippen molar-refractivity contribution in [1.82, 2.24) is 0 Å². The van der Waals surface area contributed by atoms with E-state index in [4.69, 9.17) is 11.5 Å². The molecule has 0 radical (unpaired) electrons. The third-order valence-electron chi connectivity index (χ3n) is 6.76. The standard InChI is InChI=1S/C31H30N2O/c32-15-13-21-3-1-5-25(17-21)27-11-9-23-7-8-24-10-12-28(20-30(24)31(34)29(23)19-27)26-6-2-4-22(18-26)14-16-33/h1-6,9-12,17-20H,7-8,13-16,32-33H2. The van der Waals surface area contributed by atoms with Gasteiger partial charge in [-0.2, -0.15) is 0 Å². The molecule has 34 heavy (non-hydrogen) atoms. The Labute approximate surface area is 201 Å². The summed E-state index contributed by atoms with van der Waals surface area (Å²) in [5, 5.41) is 0. The Balaban J connectivity index is 1.53. The highest BCUT2D eigenvalue weighted by Gasteiger charge is 2.22. The van der Waals surface area contributed by atoms with Crippen molar-refractivity contribution in [2.24, 2.45) is 11.5 Å². The fourth-order valence-electron chi connectivity index (χ4n) is 4.93. The first-order valence-corrected chi connectivity index (χ1v) is 12.1. The summed E-state index contributed by atoms with van der Waals surface area (Å²) in [4.78, 5) is 13.8. The Bertz CT molecular complexity index is 1250. The molecule has 1 aliphatic carbocycles. The van der Waals surface area contributed by atoms with Gasteiger partial charge >= 0.3 is 0 Å². The van der Waals surface area contributed by atoms with Gasteiger partial charge in [0.05, 0.1) is 0 Å². The topological polar surface area (TPSA) is 69.1 Å². The fourth-order valence-corrected chi connectivity index (χ4v) is 4.93. The summed E-state index contributed by atoms with van der Waals surface area (Å²) in [7, 11) is 0. The molecule has 0 atom stereocenters. The molecule has 0 aliphatic heterocycles. The lowest BCUT2D eigenvalue weighted by atomic mass is 9.92. The van der Waals surface area contributed by atoms with Crippen LogP contribution in [0.5, 0.6) is 0 Å². The number of ketones is 1. The lowest BCUT2D eigenvalue weighted by molar-refractivity contribution is 0.103. The highest BCUT2D eigenvalue weighted by Crippen LogP contribution is 2.32. The maximum Gasteiger partial charge on any atom is 0.193 e. The van der Waals surface area contributed by atoms with E-state index in [9.17, 15) is 4.79 Å². The third-order valence-corrected chi connectivity index (χ3v) is 6.76. The quantitative estimate of drug-likeness (QED) is 0.419. The van der Waals surface area contributed by atoms with Gasteiger partial charge in [-0.3, -0.25) is 4.79 Å². The Kier molecular flexibility index (Phi) is 6.39. The first kappa shape index (κ1) is 22.3. The number of carbonyl (C=O) groups is 1. The van der Waals surface area contributed by atoms with Crippen LogP contribution in [0.2, 0.25) is 0 Å². The van der Waals surface area contributed by atoms with Crippen LogP contribution in [0.4, 0.5) is 0 Å². The summed E-state index contributed by atoms with van der Waals surface area (Å²) >= 11 is 0. The number of fused-ring (bicyclic) bond motifs is 2. The molecule has 0 saturated heterocycles. The molecule has 4 aromatic carbocycles. The predicted molar refractivity (Wildman–Crippen MR) is 140 cm³/mol. The van der Waals surface area contributed by atoms with Crippen LogP contribution in [0.3, 0.4) is 0 Å². The van der Waals surface area contributed by atoms with Crippen LogP contribution in [-0.2, 0) is 25.7 Å². The number of aryl methyl sites for hydroxylation is 2. The molecule has 4 N–H and O–H groups in total. The van der Waals surface area contributed by atoms with Crippen molar-refractivity contribution in [3.8, 4) is 22.3 Å². The fraction of sp³-hybridized carbons (Fsp3) is 0.194. The van der Waals surface area contributed by atoms with Gasteiger partial charge in [-0.1, -0.05) is 72.8 Å². The average Bonchev–Trinajstić information content (AvgIpc) is 3.01. The monoisotopic (exact) mass is 446 g/mol. The molecule has 0 aromatic heterocycles. The minimum absolute atomic E-state index is 0.113. The van der Waals surface area contributed by atoms with Gasteiger partial charge in [0, 0.05) is 11.1 Å². The molecular weight excluding hydrogens is 416 g/mol. The zero-order valence-corrected chi connectivity index (χ0v) is 19.4. The summed E-state index contributed by atoms with van der Waals surface area (Å²) in [6.45, 7) is 1.25. The summed E-state index contributed by atoms with van der Waals surface area (Å²) in [6, 6.07) is 29.6. The Morgan fingerprint density at radius 1 is 0.559 bits per heavy atom. The van der Waals surface area contributed by atoms with Gasteiger partial charge < -0.3 is 11.5 Å². The molecule has 0 unspecified atom stereocenters. The molecule has 0 heterocycles. The Hall–Kier alpha value is -3.53. The largest absolute Gasteiger partial charge is 0.330 e. The average molecular weight is 447 g/mol. The lowest BCUT2D eigenvalue weighted by Gasteiger charge is -2.11. The van der Waals surface area contributed by atoms with Gasteiger partial charge in [-0.15, -0.1) is 0 Å². The number of hydrogen-bond acceptors (Lipinski definition) is 3. The summed E-state index contributed by atoms with van der Waals surface area (Å²) in [5.41, 5.74) is 22.2. The molecule has 4 aromatic rings. The van der Waals surface area contributed by atoms with Crippen LogP contribution in [-0.4, -0.2) is 18.9 Å². The SMILES string of the molecule is NCCc1cccc(-c2ccc3c(c2)C(=O)c2cc(-c4cccc(CCN)c4)ccc2CC3)c1. The van der Waals surface area contributed by atoms with Gasteiger partial charge in [0.25, 0.3) is 0 Å². The molecule has 3 nitrogen and oxygen atoms in total. The highest BCUT2D eigenvalue weighted by molar-refractivity contribution is 6.12. The number of hydrogen-bond donors (Lipinski definition) is 2. The van der Waals surface area contributed by atoms with E-state index in [1.165, 1.54) is 11.1 Å². The van der Waals surface area contributed by atoms with E-state index < -0.39 is 0 Å². The van der Waals surface area contributed by atoms with Crippen LogP contribution in [0.15, 0.2) is 84.9 Å². The normalized spacial score (nSPS) is 12.7. The van der Waals surface area contributed by atoms with Crippen LogP contribution in [0.1, 0.15) is 38.2 Å². The van der Waals surface area contributed by atoms with Crippen molar-refractivity contribution in [2.75, 3.05) is 13.1 Å². The highest BCUT2D eigenvalue weighted by atomic mass is 16.1. The minimum atomic E-state index is 0.113. The third kappa shape index (κ3) is 4.45. The van der Waals surface area contributed by atoms with E-state index in [0.29, 0.717) is 13.1 Å². The molecule has 0 spiro atoms. The van der Waals surface area contributed by atoms with Gasteiger partial charge in [0.1, 0.15) is 0 Å². The molecule has 170 valence electrons. The van der Waals surface area contributed by atoms with E-state index in [2.05, 4.69) is 84.9 Å². The van der Waals surface area contributed by atoms with E-state index >= 15 is 0 Å². The molecule has 0 saturated carbocycles. The zero-order valence-electron chi connectivity index (χ0n) is 19.4. The van der Waals surface area contributed by atoms with Crippen LogP contribution in [0, 0.1) is 0 Å². The van der Waals surface area contributed by atoms with Gasteiger partial charge in [-0.05, 0) is 95.4 Å². The van der Waals surface area contributed by atoms with Gasteiger partial charge in [-0.25, -0.2) is 0 Å². The summed E-state index contributed by atoms with van der Waals surface area (Å²) < 4.78 is 0. The molecule has 5 rings (SSSR count). The molecule has 0 bridgehead atoms. The van der Waals surface area contributed by atoms with Crippen molar-refractivity contribution in [3.63, 3.8) is 0 Å². The van der Waals surface area contributed by atoms with E-state index in [1.54, 1.807) is 0 Å². The van der Waals surface area contributed by atoms with Crippen LogP contribution in [0.25, 0.3) is 22.3 Å². The first-order chi connectivity index (χ1) is 16.7. The number of carbonyl (C=O) groups excluding carboxylic acids is 1. The number of rotatable bonds is 6. The first-order valence-electron chi connectivity index (χ1n) is 12.1. The smallest absolute Gasteiger partial charge is 0.193 e. The molecule has 0 fully saturated rings. The lowest BCUT2D eigenvalue weighted by Crippen LogP contribution is -2.05. The van der Waals surface area contributed by atoms with Crippen molar-refractivity contribution in [1.29, 1.82) is 0 Å². The number of benzene rings is 4. The Morgan fingerprint density at radius 2 is 1.00 bits per heavy atom. The summed E-state index contributed by atoms with van der Waals surface area (Å²) in [5.74, 6) is 0.113. The summed E-state index contributed by atoms with van der Waals surface area (Å²) in [6.07, 6.45) is 3.43. The van der Waals surface area contributed by atoms with Crippen LogP contribution >= 0.6 is 0 Å². The van der Waals surface area contributed by atoms with Crippen LogP contribution < -0.4 is 11.5 Å². The van der Waals surface area contributed by atoms with E-state index in [1.807, 2.05) is 0 Å². The van der Waals surface area contributed by atoms with E-state index in [-0.39, 0.29) is 5.78 Å². The minimum Gasteiger partial charge on any atom is -0.330 e. The second kappa shape index (κ2) is 9.76. The zero-order chi connectivity index (χ0) is 23.5. The second-order valence-corrected chi connectivity index (χ2v) is 9.05. The van der Waals surface area contributed by atoms with Crippen molar-refractivity contribution < 1.29 is 4.79 Å². The number of nitrogens with two attached hydrogens (primary N) is 2.